The Bertz CT molecular complexity index is 509. The van der Waals surface area contributed by atoms with Crippen molar-refractivity contribution in [2.75, 3.05) is 24.4 Å². The van der Waals surface area contributed by atoms with Crippen LogP contribution in [0.25, 0.3) is 0 Å². The Morgan fingerprint density at radius 2 is 1.55 bits per heavy atom. The predicted octanol–water partition coefficient (Wildman–Crippen LogP) is -1.30. The SMILES string of the molecule is CCCCCCCC[C@@H](O)[C@H](O)[C@H](O)C[S+]1C[C@@H](O)[C@H](O)[C@H]1CO.CS(=O)(=O)[O-]. The molecule has 11 heteroatoms. The van der Waals surface area contributed by atoms with Gasteiger partial charge in [0.1, 0.15) is 35.9 Å². The Morgan fingerprint density at radius 1 is 1.03 bits per heavy atom. The molecule has 1 aliphatic heterocycles. The van der Waals surface area contributed by atoms with Gasteiger partial charge in [-0.15, -0.1) is 0 Å². The molecule has 0 spiro atoms. The molecule has 0 saturated carbocycles. The van der Waals surface area contributed by atoms with Gasteiger partial charge in [-0.3, -0.25) is 0 Å². The van der Waals surface area contributed by atoms with E-state index in [0.29, 0.717) is 18.4 Å². The molecule has 1 fully saturated rings. The molecular formula is C18H38O9S2. The first-order valence-corrected chi connectivity index (χ1v) is 13.4. The summed E-state index contributed by atoms with van der Waals surface area (Å²) in [4.78, 5) is 0. The van der Waals surface area contributed by atoms with Crippen molar-refractivity contribution in [2.24, 2.45) is 0 Å². The summed E-state index contributed by atoms with van der Waals surface area (Å²) in [7, 11) is -4.49. The van der Waals surface area contributed by atoms with E-state index < -0.39 is 56.8 Å². The lowest BCUT2D eigenvalue weighted by Crippen LogP contribution is -2.44. The fourth-order valence-corrected chi connectivity index (χ4v) is 5.86. The van der Waals surface area contributed by atoms with Crippen LogP contribution in [0.5, 0.6) is 0 Å². The topological polar surface area (TPSA) is 179 Å². The molecule has 0 bridgehead atoms. The van der Waals surface area contributed by atoms with Gasteiger partial charge in [0.15, 0.2) is 5.25 Å². The summed E-state index contributed by atoms with van der Waals surface area (Å²) in [5.41, 5.74) is 0. The van der Waals surface area contributed by atoms with Crippen LogP contribution >= 0.6 is 0 Å². The molecule has 6 N–H and O–H groups in total. The maximum atomic E-state index is 10.2. The Labute approximate surface area is 176 Å². The van der Waals surface area contributed by atoms with Gasteiger partial charge in [0.2, 0.25) is 0 Å². The summed E-state index contributed by atoms with van der Waals surface area (Å²) in [5, 5.41) is 58.6. The third-order valence-electron chi connectivity index (χ3n) is 4.79. The van der Waals surface area contributed by atoms with E-state index in [1.165, 1.54) is 19.3 Å². The van der Waals surface area contributed by atoms with E-state index in [2.05, 4.69) is 6.92 Å². The molecule has 1 heterocycles. The van der Waals surface area contributed by atoms with Crippen LogP contribution < -0.4 is 0 Å². The Kier molecular flexibility index (Phi) is 14.9. The highest BCUT2D eigenvalue weighted by Crippen LogP contribution is 2.25. The van der Waals surface area contributed by atoms with Crippen molar-refractivity contribution >= 4 is 21.0 Å². The molecule has 1 rings (SSSR count). The van der Waals surface area contributed by atoms with Crippen molar-refractivity contribution in [3.63, 3.8) is 0 Å². The molecule has 0 amide bonds. The summed E-state index contributed by atoms with van der Waals surface area (Å²) in [6.45, 7) is 1.90. The number of unbranched alkanes of at least 4 members (excludes halogenated alkanes) is 5. The van der Waals surface area contributed by atoms with Gasteiger partial charge in [-0.2, -0.15) is 0 Å². The zero-order valence-electron chi connectivity index (χ0n) is 17.3. The highest BCUT2D eigenvalue weighted by atomic mass is 32.2. The minimum Gasteiger partial charge on any atom is -0.748 e. The highest BCUT2D eigenvalue weighted by molar-refractivity contribution is 7.97. The van der Waals surface area contributed by atoms with Gasteiger partial charge in [-0.1, -0.05) is 45.4 Å². The lowest BCUT2D eigenvalue weighted by molar-refractivity contribution is -0.0535. The van der Waals surface area contributed by atoms with Crippen LogP contribution in [-0.4, -0.2) is 104 Å². The second kappa shape index (κ2) is 14.9. The Morgan fingerprint density at radius 3 is 2.07 bits per heavy atom. The molecule has 9 nitrogen and oxygen atoms in total. The van der Waals surface area contributed by atoms with Gasteiger partial charge in [-0.05, 0) is 6.42 Å². The molecule has 1 aliphatic rings. The fraction of sp³-hybridized carbons (Fsp3) is 1.00. The molecule has 0 aliphatic carbocycles. The molecule has 0 radical (unpaired) electrons. The van der Waals surface area contributed by atoms with Gasteiger partial charge in [-0.25, -0.2) is 8.42 Å². The summed E-state index contributed by atoms with van der Waals surface area (Å²) in [5.74, 6) is 0.484. The zero-order valence-corrected chi connectivity index (χ0v) is 18.9. The van der Waals surface area contributed by atoms with Crippen molar-refractivity contribution < 1.29 is 43.6 Å². The first kappa shape index (κ1) is 29.0. The van der Waals surface area contributed by atoms with Gasteiger partial charge in [0.25, 0.3) is 0 Å². The predicted molar refractivity (Wildman–Crippen MR) is 112 cm³/mol. The smallest absolute Gasteiger partial charge is 0.169 e. The monoisotopic (exact) mass is 462 g/mol. The summed E-state index contributed by atoms with van der Waals surface area (Å²) in [6.07, 6.45) is 2.39. The maximum Gasteiger partial charge on any atom is 0.169 e. The fourth-order valence-electron chi connectivity index (χ4n) is 3.17. The zero-order chi connectivity index (χ0) is 22.6. The molecule has 0 aromatic carbocycles. The summed E-state index contributed by atoms with van der Waals surface area (Å²) >= 11 is 0. The van der Waals surface area contributed by atoms with E-state index in [0.717, 1.165) is 19.3 Å². The first-order chi connectivity index (χ1) is 13.4. The lowest BCUT2D eigenvalue weighted by atomic mass is 10.0. The van der Waals surface area contributed by atoms with Crippen LogP contribution in [0.1, 0.15) is 51.9 Å². The molecule has 176 valence electrons. The average Bonchev–Trinajstić information content (AvgIpc) is 2.88. The van der Waals surface area contributed by atoms with Crippen LogP contribution in [0, 0.1) is 0 Å². The van der Waals surface area contributed by atoms with E-state index in [-0.39, 0.29) is 12.4 Å². The molecule has 1 unspecified atom stereocenters. The van der Waals surface area contributed by atoms with E-state index in [1.54, 1.807) is 0 Å². The van der Waals surface area contributed by atoms with Gasteiger partial charge in [0, 0.05) is 17.2 Å². The molecule has 7 atom stereocenters. The summed E-state index contributed by atoms with van der Waals surface area (Å²) < 4.78 is 27.2. The van der Waals surface area contributed by atoms with E-state index in [9.17, 15) is 30.6 Å². The lowest BCUT2D eigenvalue weighted by Gasteiger charge is -2.23. The maximum absolute atomic E-state index is 10.2. The van der Waals surface area contributed by atoms with Crippen molar-refractivity contribution in [2.45, 2.75) is 87.6 Å². The van der Waals surface area contributed by atoms with Crippen LogP contribution in [0.4, 0.5) is 0 Å². The van der Waals surface area contributed by atoms with Crippen molar-refractivity contribution in [1.29, 1.82) is 0 Å². The van der Waals surface area contributed by atoms with Crippen molar-refractivity contribution in [1.82, 2.24) is 0 Å². The largest absolute Gasteiger partial charge is 0.748 e. The second-order valence-electron chi connectivity index (χ2n) is 7.54. The number of rotatable bonds is 12. The Balaban J connectivity index is 0.00000139. The number of hydrogen-bond donors (Lipinski definition) is 6. The van der Waals surface area contributed by atoms with E-state index in [1.807, 2.05) is 0 Å². The molecule has 0 aromatic rings. The van der Waals surface area contributed by atoms with E-state index >= 15 is 0 Å². The van der Waals surface area contributed by atoms with Gasteiger partial charge < -0.3 is 35.2 Å². The number of aliphatic hydroxyl groups is 6. The van der Waals surface area contributed by atoms with Crippen LogP contribution in [0.3, 0.4) is 0 Å². The van der Waals surface area contributed by atoms with Crippen LogP contribution in [0.2, 0.25) is 0 Å². The first-order valence-electron chi connectivity index (χ1n) is 10.0. The molecule has 0 aromatic heterocycles. The Hall–Kier alpha value is 0.0200. The van der Waals surface area contributed by atoms with E-state index in [4.69, 9.17) is 13.0 Å². The highest BCUT2D eigenvalue weighted by Gasteiger charge is 2.50. The average molecular weight is 463 g/mol. The van der Waals surface area contributed by atoms with Crippen LogP contribution in [0.15, 0.2) is 0 Å². The minimum atomic E-state index is -3.92. The third kappa shape index (κ3) is 13.1. The normalized spacial score (nSPS) is 27.8. The minimum absolute atomic E-state index is 0.175. The van der Waals surface area contributed by atoms with Gasteiger partial charge >= 0.3 is 0 Å². The van der Waals surface area contributed by atoms with Crippen LogP contribution in [-0.2, 0) is 21.0 Å². The quantitative estimate of drug-likeness (QED) is 0.117. The van der Waals surface area contributed by atoms with Crippen molar-refractivity contribution in [3.8, 4) is 0 Å². The second-order valence-corrected chi connectivity index (χ2v) is 11.3. The molecule has 29 heavy (non-hydrogen) atoms. The molecule has 1 saturated heterocycles. The number of hydrogen-bond acceptors (Lipinski definition) is 9. The van der Waals surface area contributed by atoms with Crippen molar-refractivity contribution in [3.05, 3.63) is 0 Å². The van der Waals surface area contributed by atoms with Gasteiger partial charge in [0.05, 0.1) is 22.8 Å². The molecular weight excluding hydrogens is 424 g/mol. The summed E-state index contributed by atoms with van der Waals surface area (Å²) in [6, 6.07) is 0. The number of aliphatic hydroxyl groups excluding tert-OH is 6. The third-order valence-corrected chi connectivity index (χ3v) is 7.62. The standard InChI is InChI=1S/C17H35O6S.CH4O3S/c1-2-3-4-5-6-7-8-12(19)16(22)13(20)10-24-11-14(21)17(23)15(24)9-18;1-5(2,3)4/h12-23H,2-11H2,1H3;1H3,(H,2,3,4)/q+1;/p-1/t12-,13-,14-,15-,16+,17+,24?;/m1./s1.